The van der Waals surface area contributed by atoms with Gasteiger partial charge in [0.2, 0.25) is 0 Å². The van der Waals surface area contributed by atoms with Crippen LogP contribution in [0.15, 0.2) is 0 Å². The predicted molar refractivity (Wildman–Crippen MR) is 63.9 cm³/mol. The van der Waals surface area contributed by atoms with Crippen LogP contribution in [0.3, 0.4) is 0 Å². The van der Waals surface area contributed by atoms with Gasteiger partial charge in [-0.1, -0.05) is 19.8 Å². The van der Waals surface area contributed by atoms with E-state index in [0.717, 1.165) is 6.42 Å². The molecule has 2 atom stereocenters. The van der Waals surface area contributed by atoms with Gasteiger partial charge in [0.1, 0.15) is 5.60 Å². The number of ether oxygens (including phenoxy) is 1. The maximum Gasteiger partial charge on any atom is 0.422 e. The second-order valence-electron chi connectivity index (χ2n) is 5.64. The lowest BCUT2D eigenvalue weighted by Gasteiger charge is -2.30. The first-order chi connectivity index (χ1) is 7.38. The highest BCUT2D eigenvalue weighted by molar-refractivity contribution is 5.67. The van der Waals surface area contributed by atoms with Gasteiger partial charge in [0.15, 0.2) is 0 Å². The fourth-order valence-corrected chi connectivity index (χ4v) is 1.99. The number of hydrogen-bond donors (Lipinski definition) is 2. The van der Waals surface area contributed by atoms with Crippen LogP contribution in [-0.4, -0.2) is 17.7 Å². The summed E-state index contributed by atoms with van der Waals surface area (Å²) in [6.07, 6.45) is 4.49. The SMILES string of the molecule is C[C@@H]1CCCC[C@H]1NNC(=O)OC(C)(C)C. The van der Waals surface area contributed by atoms with Gasteiger partial charge in [-0.2, -0.15) is 0 Å². The molecule has 0 saturated heterocycles. The van der Waals surface area contributed by atoms with Gasteiger partial charge >= 0.3 is 6.09 Å². The third-order valence-corrected chi connectivity index (χ3v) is 2.87. The topological polar surface area (TPSA) is 50.4 Å². The Labute approximate surface area is 98.1 Å². The summed E-state index contributed by atoms with van der Waals surface area (Å²) in [5.41, 5.74) is 5.26. The normalized spacial score (nSPS) is 26.2. The Hall–Kier alpha value is -0.770. The van der Waals surface area contributed by atoms with Crippen LogP contribution in [0.1, 0.15) is 53.4 Å². The highest BCUT2D eigenvalue weighted by Gasteiger charge is 2.22. The number of nitrogens with one attached hydrogen (secondary N) is 2. The zero-order chi connectivity index (χ0) is 12.2. The van der Waals surface area contributed by atoms with E-state index in [1.54, 1.807) is 0 Å². The molecule has 0 aliphatic heterocycles. The highest BCUT2D eigenvalue weighted by atomic mass is 16.6. The van der Waals surface area contributed by atoms with Gasteiger partial charge in [0, 0.05) is 6.04 Å². The molecule has 2 N–H and O–H groups in total. The lowest BCUT2D eigenvalue weighted by Crippen LogP contribution is -2.49. The molecule has 4 nitrogen and oxygen atoms in total. The minimum Gasteiger partial charge on any atom is -0.443 e. The second-order valence-corrected chi connectivity index (χ2v) is 5.64. The number of carbonyl (C=O) groups is 1. The molecular weight excluding hydrogens is 204 g/mol. The van der Waals surface area contributed by atoms with E-state index < -0.39 is 11.7 Å². The molecule has 1 aliphatic carbocycles. The number of hydrogen-bond acceptors (Lipinski definition) is 3. The lowest BCUT2D eigenvalue weighted by molar-refractivity contribution is 0.0473. The lowest BCUT2D eigenvalue weighted by atomic mass is 9.86. The van der Waals surface area contributed by atoms with Crippen LogP contribution in [0, 0.1) is 5.92 Å². The van der Waals surface area contributed by atoms with Crippen LogP contribution in [0.5, 0.6) is 0 Å². The number of rotatable bonds is 2. The molecule has 0 radical (unpaired) electrons. The zero-order valence-electron chi connectivity index (χ0n) is 10.8. The summed E-state index contributed by atoms with van der Waals surface area (Å²) < 4.78 is 5.15. The molecular formula is C12H24N2O2. The predicted octanol–water partition coefficient (Wildman–Crippen LogP) is 2.59. The number of hydrazine groups is 1. The summed E-state index contributed by atoms with van der Waals surface area (Å²) >= 11 is 0. The smallest absolute Gasteiger partial charge is 0.422 e. The highest BCUT2D eigenvalue weighted by Crippen LogP contribution is 2.23. The maximum atomic E-state index is 11.4. The summed E-state index contributed by atoms with van der Waals surface area (Å²) in [5.74, 6) is 0.615. The summed E-state index contributed by atoms with van der Waals surface area (Å²) in [7, 11) is 0. The summed E-state index contributed by atoms with van der Waals surface area (Å²) in [6, 6.07) is 0.376. The van der Waals surface area contributed by atoms with Gasteiger partial charge in [-0.3, -0.25) is 5.43 Å². The minimum absolute atomic E-state index is 0.376. The largest absolute Gasteiger partial charge is 0.443 e. The van der Waals surface area contributed by atoms with E-state index in [1.807, 2.05) is 20.8 Å². The van der Waals surface area contributed by atoms with E-state index in [4.69, 9.17) is 4.74 Å². The Balaban J connectivity index is 2.25. The number of carbonyl (C=O) groups excluding carboxylic acids is 1. The molecule has 16 heavy (non-hydrogen) atoms. The quantitative estimate of drug-likeness (QED) is 0.714. The molecule has 1 aliphatic rings. The van der Waals surface area contributed by atoms with Gasteiger partial charge in [-0.05, 0) is 39.5 Å². The van der Waals surface area contributed by atoms with E-state index in [0.29, 0.717) is 12.0 Å². The number of amides is 1. The van der Waals surface area contributed by atoms with Crippen molar-refractivity contribution in [3.8, 4) is 0 Å². The molecule has 0 heterocycles. The van der Waals surface area contributed by atoms with Gasteiger partial charge in [0.25, 0.3) is 0 Å². The maximum absolute atomic E-state index is 11.4. The zero-order valence-corrected chi connectivity index (χ0v) is 10.8. The fraction of sp³-hybridized carbons (Fsp3) is 0.917. The Morgan fingerprint density at radius 2 is 1.88 bits per heavy atom. The molecule has 0 bridgehead atoms. The van der Waals surface area contributed by atoms with Gasteiger partial charge in [-0.25, -0.2) is 10.2 Å². The standard InChI is InChI=1S/C12H24N2O2/c1-9-7-5-6-8-10(9)13-14-11(15)16-12(2,3)4/h9-10,13H,5-8H2,1-4H3,(H,14,15)/t9-,10-/m1/s1. The molecule has 0 unspecified atom stereocenters. The molecule has 1 fully saturated rings. The van der Waals surface area contributed by atoms with Gasteiger partial charge < -0.3 is 4.74 Å². The third kappa shape index (κ3) is 4.84. The molecule has 1 amide bonds. The molecule has 4 heteroatoms. The van der Waals surface area contributed by atoms with E-state index in [2.05, 4.69) is 17.8 Å². The van der Waals surface area contributed by atoms with Crippen molar-refractivity contribution in [1.29, 1.82) is 0 Å². The average molecular weight is 228 g/mol. The van der Waals surface area contributed by atoms with Crippen molar-refractivity contribution < 1.29 is 9.53 Å². The third-order valence-electron chi connectivity index (χ3n) is 2.87. The molecule has 1 saturated carbocycles. The van der Waals surface area contributed by atoms with Crippen molar-refractivity contribution in [1.82, 2.24) is 10.9 Å². The van der Waals surface area contributed by atoms with Crippen LogP contribution >= 0.6 is 0 Å². The summed E-state index contributed by atoms with van der Waals surface area (Å²) in [4.78, 5) is 11.4. The molecule has 0 aromatic carbocycles. The van der Waals surface area contributed by atoms with Crippen LogP contribution in [0.2, 0.25) is 0 Å². The fourth-order valence-electron chi connectivity index (χ4n) is 1.99. The van der Waals surface area contributed by atoms with Crippen LogP contribution in [0.25, 0.3) is 0 Å². The second kappa shape index (κ2) is 5.53. The van der Waals surface area contributed by atoms with Crippen molar-refractivity contribution in [2.45, 2.75) is 65.0 Å². The monoisotopic (exact) mass is 228 g/mol. The van der Waals surface area contributed by atoms with Crippen LogP contribution in [0.4, 0.5) is 4.79 Å². The Kier molecular flexibility index (Phi) is 4.59. The van der Waals surface area contributed by atoms with E-state index >= 15 is 0 Å². The van der Waals surface area contributed by atoms with E-state index in [1.165, 1.54) is 19.3 Å². The molecule has 94 valence electrons. The van der Waals surface area contributed by atoms with E-state index in [9.17, 15) is 4.79 Å². The van der Waals surface area contributed by atoms with Crippen LogP contribution < -0.4 is 10.9 Å². The van der Waals surface area contributed by atoms with Gasteiger partial charge in [-0.15, -0.1) is 0 Å². The Morgan fingerprint density at radius 3 is 2.44 bits per heavy atom. The first kappa shape index (κ1) is 13.3. The molecule has 0 aromatic heterocycles. The van der Waals surface area contributed by atoms with E-state index in [-0.39, 0.29) is 0 Å². The summed E-state index contributed by atoms with van der Waals surface area (Å²) in [6.45, 7) is 7.79. The van der Waals surface area contributed by atoms with Crippen molar-refractivity contribution in [3.63, 3.8) is 0 Å². The molecule has 0 spiro atoms. The average Bonchev–Trinajstić information content (AvgIpc) is 2.14. The van der Waals surface area contributed by atoms with Crippen LogP contribution in [-0.2, 0) is 4.74 Å². The van der Waals surface area contributed by atoms with Crippen molar-refractivity contribution >= 4 is 6.09 Å². The minimum atomic E-state index is -0.441. The molecule has 0 aromatic rings. The van der Waals surface area contributed by atoms with Crippen molar-refractivity contribution in [2.75, 3.05) is 0 Å². The first-order valence-electron chi connectivity index (χ1n) is 6.13. The van der Waals surface area contributed by atoms with Crippen molar-refractivity contribution in [3.05, 3.63) is 0 Å². The van der Waals surface area contributed by atoms with Crippen molar-refractivity contribution in [2.24, 2.45) is 5.92 Å². The Morgan fingerprint density at radius 1 is 1.25 bits per heavy atom. The van der Waals surface area contributed by atoms with Gasteiger partial charge in [0.05, 0.1) is 0 Å². The first-order valence-corrected chi connectivity index (χ1v) is 6.13. The Bertz CT molecular complexity index is 236. The molecule has 1 rings (SSSR count). The summed E-state index contributed by atoms with van der Waals surface area (Å²) in [5, 5.41) is 0.